The van der Waals surface area contributed by atoms with Crippen LogP contribution in [0.4, 0.5) is 5.69 Å². The van der Waals surface area contributed by atoms with Crippen molar-refractivity contribution in [3.63, 3.8) is 0 Å². The largest absolute Gasteiger partial charge is 0.449 e. The summed E-state index contributed by atoms with van der Waals surface area (Å²) in [7, 11) is -4.13. The van der Waals surface area contributed by atoms with E-state index in [4.69, 9.17) is 26.7 Å². The Bertz CT molecular complexity index is 1050. The topological polar surface area (TPSA) is 139 Å². The van der Waals surface area contributed by atoms with Crippen molar-refractivity contribution in [3.8, 4) is 6.07 Å². The molecule has 140 valence electrons. The molecular weight excluding hydrogens is 394 g/mol. The number of hydrogen-bond acceptors (Lipinski definition) is 6. The Balaban J connectivity index is 2.14. The fourth-order valence-corrected chi connectivity index (χ4v) is 3.13. The van der Waals surface area contributed by atoms with Gasteiger partial charge in [-0.3, -0.25) is 4.79 Å². The molecule has 27 heavy (non-hydrogen) atoms. The number of nitriles is 1. The van der Waals surface area contributed by atoms with Crippen LogP contribution in [0.1, 0.15) is 22.8 Å². The Labute approximate surface area is 160 Å². The van der Waals surface area contributed by atoms with E-state index in [1.807, 2.05) is 6.07 Å². The standard InChI is InChI=1S/C17H14ClN3O5S/c1-10(16(22)21-14-5-3-2-4-12(14)9-19)26-17(23)11-6-7-13(18)15(8-11)27(20,24)25/h2-8,10H,1H3,(H,21,22)(H2,20,24,25)/t10-/m1/s1. The molecule has 1 amide bonds. The fourth-order valence-electron chi connectivity index (χ4n) is 2.05. The zero-order valence-corrected chi connectivity index (χ0v) is 15.5. The highest BCUT2D eigenvalue weighted by Gasteiger charge is 2.22. The molecule has 0 aliphatic rings. The smallest absolute Gasteiger partial charge is 0.338 e. The Kier molecular flexibility index (Phi) is 6.17. The van der Waals surface area contributed by atoms with E-state index in [9.17, 15) is 18.0 Å². The third-order valence-electron chi connectivity index (χ3n) is 3.43. The molecule has 2 rings (SSSR count). The van der Waals surface area contributed by atoms with E-state index in [-0.39, 0.29) is 21.8 Å². The number of amides is 1. The lowest BCUT2D eigenvalue weighted by molar-refractivity contribution is -0.123. The zero-order valence-electron chi connectivity index (χ0n) is 14.0. The molecule has 0 spiro atoms. The molecule has 2 aromatic rings. The van der Waals surface area contributed by atoms with Gasteiger partial charge >= 0.3 is 5.97 Å². The number of nitrogens with two attached hydrogens (primary N) is 1. The molecule has 0 aliphatic heterocycles. The second kappa shape index (κ2) is 8.18. The summed E-state index contributed by atoms with van der Waals surface area (Å²) in [5.74, 6) is -1.60. The maximum absolute atomic E-state index is 12.2. The van der Waals surface area contributed by atoms with Gasteiger partial charge in [0, 0.05) is 0 Å². The summed E-state index contributed by atoms with van der Waals surface area (Å²) in [4.78, 5) is 24.0. The van der Waals surface area contributed by atoms with Gasteiger partial charge in [0.05, 0.1) is 21.8 Å². The highest BCUT2D eigenvalue weighted by Crippen LogP contribution is 2.22. The third kappa shape index (κ3) is 5.04. The normalized spacial score (nSPS) is 11.9. The maximum Gasteiger partial charge on any atom is 0.338 e. The first kappa shape index (κ1) is 20.4. The molecule has 0 unspecified atom stereocenters. The lowest BCUT2D eigenvalue weighted by atomic mass is 10.2. The number of anilines is 1. The maximum atomic E-state index is 12.2. The molecule has 8 nitrogen and oxygen atoms in total. The lowest BCUT2D eigenvalue weighted by Gasteiger charge is -2.14. The lowest BCUT2D eigenvalue weighted by Crippen LogP contribution is -2.30. The summed E-state index contributed by atoms with van der Waals surface area (Å²) in [6, 6.07) is 11.7. The van der Waals surface area contributed by atoms with Crippen LogP contribution in [0.15, 0.2) is 47.4 Å². The quantitative estimate of drug-likeness (QED) is 0.727. The van der Waals surface area contributed by atoms with Gasteiger partial charge in [0.1, 0.15) is 11.0 Å². The predicted molar refractivity (Wildman–Crippen MR) is 97.5 cm³/mol. The number of para-hydroxylation sites is 1. The van der Waals surface area contributed by atoms with E-state index < -0.39 is 32.9 Å². The average molecular weight is 408 g/mol. The van der Waals surface area contributed by atoms with Crippen molar-refractivity contribution in [2.45, 2.75) is 17.9 Å². The van der Waals surface area contributed by atoms with Crippen LogP contribution in [0.25, 0.3) is 0 Å². The second-order valence-corrected chi connectivity index (χ2v) is 7.32. The number of carbonyl (C=O) groups excluding carboxylic acids is 2. The van der Waals surface area contributed by atoms with Gasteiger partial charge in [-0.2, -0.15) is 5.26 Å². The van der Waals surface area contributed by atoms with Gasteiger partial charge in [0.2, 0.25) is 10.0 Å². The molecule has 0 fully saturated rings. The summed E-state index contributed by atoms with van der Waals surface area (Å²) in [5.41, 5.74) is 0.385. The van der Waals surface area contributed by atoms with Crippen LogP contribution < -0.4 is 10.5 Å². The molecule has 0 aliphatic carbocycles. The van der Waals surface area contributed by atoms with E-state index in [0.29, 0.717) is 0 Å². The van der Waals surface area contributed by atoms with E-state index >= 15 is 0 Å². The van der Waals surface area contributed by atoms with Crippen molar-refractivity contribution < 1.29 is 22.7 Å². The highest BCUT2D eigenvalue weighted by molar-refractivity contribution is 7.89. The molecule has 0 saturated carbocycles. The Morgan fingerprint density at radius 1 is 1.26 bits per heavy atom. The first-order valence-electron chi connectivity index (χ1n) is 7.47. The number of primary sulfonamides is 1. The number of ether oxygens (including phenoxy) is 1. The van der Waals surface area contributed by atoms with Crippen LogP contribution in [0.3, 0.4) is 0 Å². The number of halogens is 1. The summed E-state index contributed by atoms with van der Waals surface area (Å²) in [6.07, 6.45) is -1.21. The number of hydrogen-bond donors (Lipinski definition) is 2. The SMILES string of the molecule is C[C@@H](OC(=O)c1ccc(Cl)c(S(N)(=O)=O)c1)C(=O)Nc1ccccc1C#N. The van der Waals surface area contributed by atoms with Crippen LogP contribution in [0.5, 0.6) is 0 Å². The number of sulfonamides is 1. The second-order valence-electron chi connectivity index (χ2n) is 5.38. The molecule has 10 heteroatoms. The molecule has 1 atom stereocenters. The Hall–Kier alpha value is -2.93. The number of benzene rings is 2. The van der Waals surface area contributed by atoms with Crippen LogP contribution in [0, 0.1) is 11.3 Å². The zero-order chi connectivity index (χ0) is 20.2. The summed E-state index contributed by atoms with van der Waals surface area (Å²) in [6.45, 7) is 1.33. The predicted octanol–water partition coefficient (Wildman–Crippen LogP) is 2.04. The number of nitrogens with zero attached hydrogens (tertiary/aromatic N) is 1. The van der Waals surface area contributed by atoms with Crippen molar-refractivity contribution in [2.24, 2.45) is 5.14 Å². The van der Waals surface area contributed by atoms with Crippen molar-refractivity contribution in [1.82, 2.24) is 0 Å². The fraction of sp³-hybridized carbons (Fsp3) is 0.118. The third-order valence-corrected chi connectivity index (χ3v) is 4.82. The first-order valence-corrected chi connectivity index (χ1v) is 9.39. The monoisotopic (exact) mass is 407 g/mol. The molecule has 0 aromatic heterocycles. The minimum Gasteiger partial charge on any atom is -0.449 e. The van der Waals surface area contributed by atoms with Crippen LogP contribution in [0.2, 0.25) is 5.02 Å². The minimum absolute atomic E-state index is 0.138. The number of rotatable bonds is 5. The summed E-state index contributed by atoms with van der Waals surface area (Å²) in [5, 5.41) is 16.4. The molecular formula is C17H14ClN3O5S. The van der Waals surface area contributed by atoms with Gasteiger partial charge in [0.15, 0.2) is 6.10 Å². The van der Waals surface area contributed by atoms with Gasteiger partial charge in [0.25, 0.3) is 5.91 Å². The van der Waals surface area contributed by atoms with Crippen LogP contribution in [-0.4, -0.2) is 26.4 Å². The van der Waals surface area contributed by atoms with Crippen molar-refractivity contribution >= 4 is 39.2 Å². The van der Waals surface area contributed by atoms with Crippen molar-refractivity contribution in [2.75, 3.05) is 5.32 Å². The molecule has 3 N–H and O–H groups in total. The van der Waals surface area contributed by atoms with E-state index in [0.717, 1.165) is 6.07 Å². The van der Waals surface area contributed by atoms with E-state index in [2.05, 4.69) is 5.32 Å². The molecule has 0 bridgehead atoms. The first-order chi connectivity index (χ1) is 12.6. The van der Waals surface area contributed by atoms with Gasteiger partial charge in [-0.05, 0) is 37.3 Å². The summed E-state index contributed by atoms with van der Waals surface area (Å²) >= 11 is 5.76. The van der Waals surface area contributed by atoms with E-state index in [1.54, 1.807) is 12.1 Å². The molecule has 0 saturated heterocycles. The van der Waals surface area contributed by atoms with Crippen LogP contribution in [-0.2, 0) is 19.6 Å². The van der Waals surface area contributed by atoms with Gasteiger partial charge in [-0.15, -0.1) is 0 Å². The number of nitrogens with one attached hydrogen (secondary N) is 1. The highest BCUT2D eigenvalue weighted by atomic mass is 35.5. The van der Waals surface area contributed by atoms with Gasteiger partial charge < -0.3 is 10.1 Å². The van der Waals surface area contributed by atoms with Crippen molar-refractivity contribution in [1.29, 1.82) is 5.26 Å². The van der Waals surface area contributed by atoms with Gasteiger partial charge in [-0.1, -0.05) is 23.7 Å². The Morgan fingerprint density at radius 2 is 1.93 bits per heavy atom. The summed E-state index contributed by atoms with van der Waals surface area (Å²) < 4.78 is 28.0. The molecule has 0 radical (unpaired) electrons. The Morgan fingerprint density at radius 3 is 2.56 bits per heavy atom. The molecule has 2 aromatic carbocycles. The van der Waals surface area contributed by atoms with E-state index in [1.165, 1.54) is 31.2 Å². The van der Waals surface area contributed by atoms with Crippen LogP contribution >= 0.6 is 11.6 Å². The van der Waals surface area contributed by atoms with Gasteiger partial charge in [-0.25, -0.2) is 18.4 Å². The minimum atomic E-state index is -4.13. The van der Waals surface area contributed by atoms with Crippen molar-refractivity contribution in [3.05, 3.63) is 58.6 Å². The number of carbonyl (C=O) groups is 2. The molecule has 0 heterocycles. The average Bonchev–Trinajstić information content (AvgIpc) is 2.61. The number of esters is 1.